The summed E-state index contributed by atoms with van der Waals surface area (Å²) in [7, 11) is 0. The molecule has 4 N–H and O–H groups in total. The van der Waals surface area contributed by atoms with Crippen molar-refractivity contribution in [3.05, 3.63) is 35.9 Å². The van der Waals surface area contributed by atoms with E-state index in [0.717, 1.165) is 17.7 Å². The topological polar surface area (TPSA) is 162 Å². The molecule has 0 unspecified atom stereocenters. The molecule has 35 heavy (non-hydrogen) atoms. The molecule has 0 saturated heterocycles. The maximum atomic E-state index is 12.7. The lowest BCUT2D eigenvalue weighted by molar-refractivity contribution is -0.142. The highest BCUT2D eigenvalue weighted by molar-refractivity contribution is 5.90. The number of aliphatic carboxylic acids is 2. The molecule has 0 aliphatic heterocycles. The van der Waals surface area contributed by atoms with Gasteiger partial charge in [0.05, 0.1) is 0 Å². The third-order valence-corrected chi connectivity index (χ3v) is 5.09. The molecule has 11 nitrogen and oxygen atoms in total. The second-order valence-corrected chi connectivity index (χ2v) is 8.10. The first-order valence-corrected chi connectivity index (χ1v) is 11.7. The molecule has 3 amide bonds. The Labute approximate surface area is 204 Å². The van der Waals surface area contributed by atoms with Gasteiger partial charge < -0.3 is 25.6 Å². The Bertz CT molecular complexity index is 804. The van der Waals surface area contributed by atoms with Crippen LogP contribution in [0.25, 0.3) is 0 Å². The van der Waals surface area contributed by atoms with Crippen molar-refractivity contribution in [2.24, 2.45) is 0 Å². The van der Waals surface area contributed by atoms with Crippen LogP contribution in [-0.2, 0) is 30.5 Å². The van der Waals surface area contributed by atoms with E-state index < -0.39 is 55.0 Å². The third kappa shape index (κ3) is 11.9. The predicted octanol–water partition coefficient (Wildman–Crippen LogP) is 2.14. The van der Waals surface area contributed by atoms with Gasteiger partial charge in [-0.3, -0.25) is 14.5 Å². The van der Waals surface area contributed by atoms with Gasteiger partial charge in [0.1, 0.15) is 31.8 Å². The summed E-state index contributed by atoms with van der Waals surface area (Å²) in [6, 6.07) is 6.49. The van der Waals surface area contributed by atoms with Crippen molar-refractivity contribution in [1.82, 2.24) is 15.5 Å². The molecule has 0 fully saturated rings. The van der Waals surface area contributed by atoms with Crippen molar-refractivity contribution < 1.29 is 38.9 Å². The van der Waals surface area contributed by atoms with E-state index in [1.807, 2.05) is 13.8 Å². The first-order valence-electron chi connectivity index (χ1n) is 11.7. The number of unbranched alkanes of at least 4 members (excludes halogenated alkanes) is 2. The van der Waals surface area contributed by atoms with Gasteiger partial charge >= 0.3 is 18.0 Å². The molecule has 2 atom stereocenters. The molecule has 0 aromatic heterocycles. The van der Waals surface area contributed by atoms with Crippen LogP contribution in [-0.4, -0.2) is 70.1 Å². The van der Waals surface area contributed by atoms with Gasteiger partial charge in [0.2, 0.25) is 11.8 Å². The maximum Gasteiger partial charge on any atom is 0.411 e. The fourth-order valence-electron chi connectivity index (χ4n) is 3.15. The first kappa shape index (κ1) is 29.4. The zero-order valence-electron chi connectivity index (χ0n) is 20.2. The molecule has 1 rings (SSSR count). The van der Waals surface area contributed by atoms with Crippen LogP contribution in [0.15, 0.2) is 30.3 Å². The number of carboxylic acids is 2. The molecule has 0 bridgehead atoms. The van der Waals surface area contributed by atoms with Crippen molar-refractivity contribution in [3.8, 4) is 0 Å². The fourth-order valence-corrected chi connectivity index (χ4v) is 3.15. The van der Waals surface area contributed by atoms with Crippen molar-refractivity contribution >= 4 is 29.8 Å². The first-order chi connectivity index (χ1) is 16.7. The number of ether oxygens (including phenoxy) is 1. The van der Waals surface area contributed by atoms with Crippen LogP contribution in [0.2, 0.25) is 0 Å². The van der Waals surface area contributed by atoms with E-state index in [1.165, 1.54) is 0 Å². The van der Waals surface area contributed by atoms with Crippen LogP contribution in [0.3, 0.4) is 0 Å². The molecular formula is C24H35N3O8. The maximum absolute atomic E-state index is 12.7. The standard InChI is InChI=1S/C24H35N3O8/c1-3-5-12-18(22(30)31)25-20(28)14-27(24(34)35-16-17-10-8-7-9-11-17)15-21(29)26-19(23(32)33)13-6-4-2/h7-11,18-19H,3-6,12-16H2,1-2H3,(H,25,28)(H,26,29)(H,30,31)(H,32,33)/t18-,19-/m0/s1. The minimum absolute atomic E-state index is 0.109. The molecule has 0 spiro atoms. The van der Waals surface area contributed by atoms with Gasteiger partial charge in [-0.25, -0.2) is 14.4 Å². The second kappa shape index (κ2) is 16.1. The summed E-state index contributed by atoms with van der Waals surface area (Å²) in [4.78, 5) is 61.4. The summed E-state index contributed by atoms with van der Waals surface area (Å²) in [6.45, 7) is 2.39. The number of carbonyl (C=O) groups is 5. The second-order valence-electron chi connectivity index (χ2n) is 8.10. The van der Waals surface area contributed by atoms with Crippen molar-refractivity contribution in [2.75, 3.05) is 13.1 Å². The van der Waals surface area contributed by atoms with E-state index in [4.69, 9.17) is 4.74 Å². The van der Waals surface area contributed by atoms with Crippen molar-refractivity contribution in [2.45, 2.75) is 71.1 Å². The fraction of sp³-hybridized carbons (Fsp3) is 0.542. The Hall–Kier alpha value is -3.63. The molecule has 0 radical (unpaired) electrons. The van der Waals surface area contributed by atoms with Gasteiger partial charge in [-0.05, 0) is 18.4 Å². The summed E-state index contributed by atoms with van der Waals surface area (Å²) in [5.41, 5.74) is 0.686. The summed E-state index contributed by atoms with van der Waals surface area (Å²) < 4.78 is 5.22. The highest BCUT2D eigenvalue weighted by Crippen LogP contribution is 2.06. The van der Waals surface area contributed by atoms with E-state index in [2.05, 4.69) is 10.6 Å². The van der Waals surface area contributed by atoms with Crippen molar-refractivity contribution in [1.29, 1.82) is 0 Å². The zero-order chi connectivity index (χ0) is 26.2. The van der Waals surface area contributed by atoms with E-state index in [0.29, 0.717) is 18.4 Å². The van der Waals surface area contributed by atoms with Crippen LogP contribution < -0.4 is 10.6 Å². The molecule has 1 aromatic rings. The Balaban J connectivity index is 2.89. The largest absolute Gasteiger partial charge is 0.480 e. The summed E-state index contributed by atoms with van der Waals surface area (Å²) in [5.74, 6) is -3.97. The molecule has 1 aromatic carbocycles. The quantitative estimate of drug-likeness (QED) is 0.272. The lowest BCUT2D eigenvalue weighted by Crippen LogP contribution is -2.51. The van der Waals surface area contributed by atoms with Crippen LogP contribution in [0, 0.1) is 0 Å². The molecule has 0 saturated carbocycles. The number of carbonyl (C=O) groups excluding carboxylic acids is 3. The van der Waals surface area contributed by atoms with Gasteiger partial charge in [0.15, 0.2) is 0 Å². The Morgan fingerprint density at radius 2 is 1.29 bits per heavy atom. The Kier molecular flexibility index (Phi) is 13.5. The Morgan fingerprint density at radius 1 is 0.829 bits per heavy atom. The summed E-state index contributed by atoms with van der Waals surface area (Å²) in [5, 5.41) is 23.4. The monoisotopic (exact) mass is 493 g/mol. The van der Waals surface area contributed by atoms with E-state index in [-0.39, 0.29) is 19.4 Å². The number of nitrogens with one attached hydrogen (secondary N) is 2. The minimum atomic E-state index is -1.21. The number of amides is 3. The molecule has 0 aliphatic carbocycles. The molecule has 0 heterocycles. The number of hydrogen-bond donors (Lipinski definition) is 4. The lowest BCUT2D eigenvalue weighted by atomic mass is 10.1. The lowest BCUT2D eigenvalue weighted by Gasteiger charge is -2.23. The SMILES string of the molecule is CCCC[C@H](NC(=O)CN(CC(=O)N[C@@H](CCCC)C(=O)O)C(=O)OCc1ccccc1)C(=O)O. The zero-order valence-corrected chi connectivity index (χ0v) is 20.2. The van der Waals surface area contributed by atoms with Crippen LogP contribution in [0.5, 0.6) is 0 Å². The average Bonchev–Trinajstić information content (AvgIpc) is 2.82. The summed E-state index contributed by atoms with van der Waals surface area (Å²) >= 11 is 0. The van der Waals surface area contributed by atoms with E-state index >= 15 is 0 Å². The van der Waals surface area contributed by atoms with Gasteiger partial charge in [-0.2, -0.15) is 0 Å². The normalized spacial score (nSPS) is 12.2. The highest BCUT2D eigenvalue weighted by atomic mass is 16.6. The highest BCUT2D eigenvalue weighted by Gasteiger charge is 2.27. The molecule has 0 aliphatic rings. The van der Waals surface area contributed by atoms with Gasteiger partial charge in [0, 0.05) is 0 Å². The third-order valence-electron chi connectivity index (χ3n) is 5.09. The number of hydrogen-bond acceptors (Lipinski definition) is 6. The smallest absolute Gasteiger partial charge is 0.411 e. The minimum Gasteiger partial charge on any atom is -0.480 e. The number of benzene rings is 1. The van der Waals surface area contributed by atoms with Gasteiger partial charge in [-0.1, -0.05) is 69.9 Å². The van der Waals surface area contributed by atoms with Crippen LogP contribution >= 0.6 is 0 Å². The molecule has 11 heteroatoms. The van der Waals surface area contributed by atoms with Crippen LogP contribution in [0.4, 0.5) is 4.79 Å². The summed E-state index contributed by atoms with van der Waals surface area (Å²) in [6.07, 6.45) is 2.09. The van der Waals surface area contributed by atoms with E-state index in [9.17, 15) is 34.2 Å². The number of nitrogens with zero attached hydrogens (tertiary/aromatic N) is 1. The Morgan fingerprint density at radius 3 is 1.69 bits per heavy atom. The predicted molar refractivity (Wildman–Crippen MR) is 126 cm³/mol. The van der Waals surface area contributed by atoms with Crippen LogP contribution in [0.1, 0.15) is 57.9 Å². The number of rotatable bonds is 16. The number of carboxylic acid groups (broad SMARTS) is 2. The van der Waals surface area contributed by atoms with Gasteiger partial charge in [-0.15, -0.1) is 0 Å². The van der Waals surface area contributed by atoms with Crippen molar-refractivity contribution in [3.63, 3.8) is 0 Å². The molecule has 194 valence electrons. The van der Waals surface area contributed by atoms with Gasteiger partial charge in [0.25, 0.3) is 0 Å². The molecular weight excluding hydrogens is 458 g/mol. The average molecular weight is 494 g/mol. The van der Waals surface area contributed by atoms with E-state index in [1.54, 1.807) is 30.3 Å².